The first kappa shape index (κ1) is 9.50. The number of hydrogen-bond donors (Lipinski definition) is 2. The number of rotatable bonds is 3. The van der Waals surface area contributed by atoms with Gasteiger partial charge in [0.2, 0.25) is 0 Å². The molecule has 0 aromatic carbocycles. The normalized spacial score (nSPS) is 17.0. The molecule has 0 amide bonds. The van der Waals surface area contributed by atoms with Gasteiger partial charge in [-0.2, -0.15) is 0 Å². The fourth-order valence-electron chi connectivity index (χ4n) is 0.104. The van der Waals surface area contributed by atoms with Gasteiger partial charge in [-0.15, -0.1) is 0 Å². The van der Waals surface area contributed by atoms with Crippen molar-refractivity contribution in [3.8, 4) is 0 Å². The molecule has 0 rings (SSSR count). The van der Waals surface area contributed by atoms with Gasteiger partial charge in [-0.05, 0) is 0 Å². The molecule has 0 aromatic rings. The largest absolute Gasteiger partial charge is 0.512 e. The molecule has 1 unspecified atom stereocenters. The maximum atomic E-state index is 10.3. The molecule has 0 saturated carbocycles. The summed E-state index contributed by atoms with van der Waals surface area (Å²) in [6.45, 7) is -4.02. The summed E-state index contributed by atoms with van der Waals surface area (Å²) in [4.78, 5) is 20.3. The molecule has 0 bridgehead atoms. The van der Waals surface area contributed by atoms with E-state index in [0.29, 0.717) is 0 Å². The van der Waals surface area contributed by atoms with Crippen molar-refractivity contribution in [2.45, 2.75) is 0 Å². The second kappa shape index (κ2) is 3.62. The van der Waals surface area contributed by atoms with Crippen molar-refractivity contribution >= 4 is 18.3 Å². The average Bonchev–Trinajstić information content (AvgIpc) is 1.85. The number of nitro groups is 1. The van der Waals surface area contributed by atoms with Gasteiger partial charge in [-0.3, -0.25) is 10.0 Å². The molecule has 0 aliphatic heterocycles. The fraction of sp³-hybridized carbons (Fsp3) is 0. The Bertz CT molecular complexity index is 199. The highest BCUT2D eigenvalue weighted by Gasteiger charge is 2.24. The van der Waals surface area contributed by atoms with Gasteiger partial charge in [0.25, 0.3) is 0 Å². The number of nitrogens with two attached hydrogens (primary N) is 1. The minimum atomic E-state index is -4.02. The standard InChI is InChI=1S/H3N4O4PS/c1-10-9(7,8)3-2-4(5)6/h1H2,(H,7,8). The first-order chi connectivity index (χ1) is 4.48. The molecule has 0 radical (unpaired) electrons. The molecule has 8 nitrogen and oxygen atoms in total. The molecule has 0 aliphatic rings. The SMILES string of the molecule is NSP(=O)(O)N=N[N+](=O)[O-]. The average molecular weight is 186 g/mol. The molecule has 0 heterocycles. The molecular formula is H3N4O4PS. The van der Waals surface area contributed by atoms with E-state index >= 15 is 0 Å². The van der Waals surface area contributed by atoms with E-state index in [2.05, 4.69) is 15.2 Å². The van der Waals surface area contributed by atoms with Crippen LogP contribution in [0.5, 0.6) is 0 Å². The van der Waals surface area contributed by atoms with E-state index < -0.39 is 11.8 Å². The third-order valence-electron chi connectivity index (χ3n) is 0.363. The second-order valence-corrected chi connectivity index (χ2v) is 4.44. The van der Waals surface area contributed by atoms with Gasteiger partial charge >= 0.3 is 6.72 Å². The van der Waals surface area contributed by atoms with Gasteiger partial charge in [0.15, 0.2) is 5.22 Å². The predicted molar refractivity (Wildman–Crippen MR) is 33.5 cm³/mol. The van der Waals surface area contributed by atoms with E-state index in [1.165, 1.54) is 0 Å². The van der Waals surface area contributed by atoms with Crippen molar-refractivity contribution in [3.63, 3.8) is 0 Å². The Morgan fingerprint density at radius 2 is 2.30 bits per heavy atom. The minimum absolute atomic E-state index is 0.0153. The molecule has 10 heavy (non-hydrogen) atoms. The first-order valence-corrected chi connectivity index (χ1v) is 4.86. The Kier molecular flexibility index (Phi) is 3.43. The molecule has 0 fully saturated rings. The van der Waals surface area contributed by atoms with E-state index in [0.717, 1.165) is 0 Å². The van der Waals surface area contributed by atoms with Crippen molar-refractivity contribution in [3.05, 3.63) is 10.1 Å². The lowest BCUT2D eigenvalue weighted by atomic mass is 12.6. The maximum absolute atomic E-state index is 10.3. The van der Waals surface area contributed by atoms with Gasteiger partial charge in [0.05, 0.1) is 16.6 Å². The highest BCUT2D eigenvalue weighted by atomic mass is 32.7. The summed E-state index contributed by atoms with van der Waals surface area (Å²) in [5, 5.41) is 15.0. The summed E-state index contributed by atoms with van der Waals surface area (Å²) in [7, 11) is 0. The summed E-state index contributed by atoms with van der Waals surface area (Å²) in [5.41, 5.74) is 0. The maximum Gasteiger partial charge on any atom is 0.512 e. The Balaban J connectivity index is 4.13. The Morgan fingerprint density at radius 1 is 1.80 bits per heavy atom. The third kappa shape index (κ3) is 4.39. The zero-order valence-electron chi connectivity index (χ0n) is 4.45. The van der Waals surface area contributed by atoms with Crippen LogP contribution in [0.3, 0.4) is 0 Å². The summed E-state index contributed by atoms with van der Waals surface area (Å²) in [6.07, 6.45) is 0. The molecule has 0 spiro atoms. The lowest BCUT2D eigenvalue weighted by Crippen LogP contribution is -1.82. The summed E-state index contributed by atoms with van der Waals surface area (Å²) >= 11 is 0.0153. The molecule has 3 N–H and O–H groups in total. The molecule has 58 valence electrons. The summed E-state index contributed by atoms with van der Waals surface area (Å²) in [5.74, 6) is 0. The fourth-order valence-corrected chi connectivity index (χ4v) is 0.537. The quantitative estimate of drug-likeness (QED) is 0.214. The van der Waals surface area contributed by atoms with Crippen LogP contribution in [0.15, 0.2) is 10.1 Å². The van der Waals surface area contributed by atoms with E-state index in [-0.39, 0.29) is 11.6 Å². The molecule has 0 aromatic heterocycles. The van der Waals surface area contributed by atoms with Crippen molar-refractivity contribution < 1.29 is 14.5 Å². The van der Waals surface area contributed by atoms with Crippen LogP contribution in [0.2, 0.25) is 0 Å². The minimum Gasteiger partial charge on any atom is -0.337 e. The van der Waals surface area contributed by atoms with Crippen LogP contribution < -0.4 is 5.14 Å². The number of nitrogens with zero attached hydrogens (tertiary/aromatic N) is 3. The van der Waals surface area contributed by atoms with Crippen molar-refractivity contribution in [1.82, 2.24) is 0 Å². The van der Waals surface area contributed by atoms with Crippen molar-refractivity contribution in [2.75, 3.05) is 0 Å². The number of hydrogen-bond acceptors (Lipinski definition) is 5. The molecule has 0 saturated heterocycles. The van der Waals surface area contributed by atoms with Crippen LogP contribution in [0.4, 0.5) is 0 Å². The van der Waals surface area contributed by atoms with Gasteiger partial charge in [-0.25, -0.2) is 4.57 Å². The van der Waals surface area contributed by atoms with Crippen molar-refractivity contribution in [2.24, 2.45) is 15.2 Å². The van der Waals surface area contributed by atoms with E-state index in [9.17, 15) is 14.7 Å². The van der Waals surface area contributed by atoms with Gasteiger partial charge in [-0.1, -0.05) is 0 Å². The van der Waals surface area contributed by atoms with Crippen LogP contribution in [-0.4, -0.2) is 9.93 Å². The highest BCUT2D eigenvalue weighted by Crippen LogP contribution is 2.52. The Labute approximate surface area is 59.0 Å². The lowest BCUT2D eigenvalue weighted by molar-refractivity contribution is -0.493. The molecular weight excluding hydrogens is 183 g/mol. The van der Waals surface area contributed by atoms with Crippen LogP contribution >= 0.6 is 18.3 Å². The van der Waals surface area contributed by atoms with E-state index in [4.69, 9.17) is 4.89 Å². The van der Waals surface area contributed by atoms with Crippen molar-refractivity contribution in [1.29, 1.82) is 0 Å². The second-order valence-electron chi connectivity index (χ2n) is 1.01. The smallest absolute Gasteiger partial charge is 0.337 e. The van der Waals surface area contributed by atoms with E-state index in [1.54, 1.807) is 0 Å². The molecule has 10 heteroatoms. The van der Waals surface area contributed by atoms with Gasteiger partial charge in [0, 0.05) is 0 Å². The monoisotopic (exact) mass is 186 g/mol. The summed E-state index contributed by atoms with van der Waals surface area (Å²) in [6, 6.07) is 0. The van der Waals surface area contributed by atoms with Crippen LogP contribution in [0.1, 0.15) is 0 Å². The molecule has 1 atom stereocenters. The Morgan fingerprint density at radius 3 is 2.60 bits per heavy atom. The van der Waals surface area contributed by atoms with Crippen LogP contribution in [0.25, 0.3) is 0 Å². The van der Waals surface area contributed by atoms with Gasteiger partial charge < -0.3 is 10.1 Å². The van der Waals surface area contributed by atoms with Crippen LogP contribution in [-0.2, 0) is 4.57 Å². The van der Waals surface area contributed by atoms with E-state index in [1.807, 2.05) is 0 Å². The third-order valence-corrected chi connectivity index (χ3v) is 1.99. The Hall–Kier alpha value is -0.500. The van der Waals surface area contributed by atoms with Crippen LogP contribution in [0, 0.1) is 10.1 Å². The molecule has 0 aliphatic carbocycles. The predicted octanol–water partition coefficient (Wildman–Crippen LogP) is 0.338. The van der Waals surface area contributed by atoms with Gasteiger partial charge in [0.1, 0.15) is 4.88 Å². The highest BCUT2D eigenvalue weighted by molar-refractivity contribution is 8.54. The lowest BCUT2D eigenvalue weighted by Gasteiger charge is -1.86. The topological polar surface area (TPSA) is 131 Å². The zero-order valence-corrected chi connectivity index (χ0v) is 6.16. The zero-order chi connectivity index (χ0) is 8.20. The summed E-state index contributed by atoms with van der Waals surface area (Å²) < 4.78 is 10.3. The first-order valence-electron chi connectivity index (χ1n) is 1.77.